The summed E-state index contributed by atoms with van der Waals surface area (Å²) < 4.78 is 0. The summed E-state index contributed by atoms with van der Waals surface area (Å²) in [5.74, 6) is -1.61. The predicted octanol–water partition coefficient (Wildman–Crippen LogP) is 3.47. The van der Waals surface area contributed by atoms with Crippen molar-refractivity contribution in [1.29, 1.82) is 0 Å². The van der Waals surface area contributed by atoms with Crippen LogP contribution in [0.4, 0.5) is 5.69 Å². The van der Waals surface area contributed by atoms with Gasteiger partial charge in [0.05, 0.1) is 17.0 Å². The van der Waals surface area contributed by atoms with Crippen molar-refractivity contribution in [1.82, 2.24) is 0 Å². The Bertz CT molecular complexity index is 703. The van der Waals surface area contributed by atoms with Gasteiger partial charge in [0.1, 0.15) is 5.75 Å². The van der Waals surface area contributed by atoms with Crippen molar-refractivity contribution >= 4 is 40.9 Å². The van der Waals surface area contributed by atoms with Crippen LogP contribution in [0.25, 0.3) is 0 Å². The zero-order chi connectivity index (χ0) is 16.1. The molecule has 0 aliphatic rings. The highest BCUT2D eigenvalue weighted by molar-refractivity contribution is 8.00. The van der Waals surface area contributed by atoms with E-state index in [1.165, 1.54) is 23.9 Å². The third kappa shape index (κ3) is 4.41. The smallest absolute Gasteiger partial charge is 0.337 e. The molecule has 0 unspecified atom stereocenters. The summed E-state index contributed by atoms with van der Waals surface area (Å²) in [4.78, 5) is 23.9. The molecule has 7 heteroatoms. The molecule has 0 heterocycles. The molecule has 0 spiro atoms. The Morgan fingerprint density at radius 2 is 1.82 bits per heavy atom. The van der Waals surface area contributed by atoms with Crippen LogP contribution in [0, 0.1) is 0 Å². The molecule has 0 saturated carbocycles. The molecule has 114 valence electrons. The van der Waals surface area contributed by atoms with Crippen molar-refractivity contribution in [2.45, 2.75) is 4.90 Å². The number of phenolic OH excluding ortho intramolecular Hbond substituents is 1. The van der Waals surface area contributed by atoms with Crippen LogP contribution in [-0.4, -0.2) is 27.8 Å². The molecule has 22 heavy (non-hydrogen) atoms. The molecule has 0 saturated heterocycles. The number of rotatable bonds is 5. The molecular formula is C15H12ClNO4S. The third-order valence-electron chi connectivity index (χ3n) is 2.69. The summed E-state index contributed by atoms with van der Waals surface area (Å²) in [5.41, 5.74) is -0.0168. The van der Waals surface area contributed by atoms with E-state index < -0.39 is 5.97 Å². The lowest BCUT2D eigenvalue weighted by Gasteiger charge is -2.09. The van der Waals surface area contributed by atoms with Crippen LogP contribution in [0.15, 0.2) is 47.4 Å². The Balaban J connectivity index is 2.00. The third-order valence-corrected chi connectivity index (χ3v) is 3.96. The molecule has 5 nitrogen and oxygen atoms in total. The van der Waals surface area contributed by atoms with E-state index in [4.69, 9.17) is 16.7 Å². The van der Waals surface area contributed by atoms with E-state index in [-0.39, 0.29) is 28.7 Å². The number of halogens is 1. The summed E-state index contributed by atoms with van der Waals surface area (Å²) in [7, 11) is 0. The van der Waals surface area contributed by atoms with Gasteiger partial charge in [-0.05, 0) is 42.5 Å². The van der Waals surface area contributed by atoms with Crippen LogP contribution in [0.3, 0.4) is 0 Å². The molecule has 0 aromatic heterocycles. The van der Waals surface area contributed by atoms with Crippen molar-refractivity contribution in [3.05, 3.63) is 53.1 Å². The Morgan fingerprint density at radius 3 is 2.45 bits per heavy atom. The second-order valence-electron chi connectivity index (χ2n) is 4.33. The number of aromatic carboxylic acids is 1. The molecule has 0 aliphatic carbocycles. The Kier molecular flexibility index (Phi) is 5.30. The minimum absolute atomic E-state index is 0.127. The van der Waals surface area contributed by atoms with Gasteiger partial charge in [-0.25, -0.2) is 4.79 Å². The van der Waals surface area contributed by atoms with Gasteiger partial charge in [-0.1, -0.05) is 11.6 Å². The number of anilines is 1. The van der Waals surface area contributed by atoms with Crippen LogP contribution < -0.4 is 5.32 Å². The van der Waals surface area contributed by atoms with Crippen molar-refractivity contribution in [3.63, 3.8) is 0 Å². The number of carbonyl (C=O) groups is 2. The molecule has 2 aromatic rings. The first-order valence-corrected chi connectivity index (χ1v) is 7.56. The van der Waals surface area contributed by atoms with E-state index in [0.29, 0.717) is 5.02 Å². The largest absolute Gasteiger partial charge is 0.508 e. The lowest BCUT2D eigenvalue weighted by Crippen LogP contribution is -2.16. The van der Waals surface area contributed by atoms with E-state index >= 15 is 0 Å². The van der Waals surface area contributed by atoms with Gasteiger partial charge in [-0.3, -0.25) is 4.79 Å². The Labute approximate surface area is 135 Å². The first-order valence-electron chi connectivity index (χ1n) is 6.20. The molecular weight excluding hydrogens is 326 g/mol. The maximum atomic E-state index is 11.9. The minimum Gasteiger partial charge on any atom is -0.508 e. The number of carboxylic acids is 1. The number of phenols is 1. The first-order chi connectivity index (χ1) is 10.5. The highest BCUT2D eigenvalue weighted by atomic mass is 35.5. The van der Waals surface area contributed by atoms with Crippen molar-refractivity contribution < 1.29 is 19.8 Å². The Hall–Kier alpha value is -2.18. The number of benzene rings is 2. The van der Waals surface area contributed by atoms with Gasteiger partial charge in [-0.2, -0.15) is 0 Å². The van der Waals surface area contributed by atoms with E-state index in [1.54, 1.807) is 24.3 Å². The van der Waals surface area contributed by atoms with Gasteiger partial charge in [0, 0.05) is 9.92 Å². The van der Waals surface area contributed by atoms with Gasteiger partial charge < -0.3 is 15.5 Å². The number of amides is 1. The molecule has 0 fully saturated rings. The number of carbonyl (C=O) groups excluding carboxylic acids is 1. The highest BCUT2D eigenvalue weighted by Gasteiger charge is 2.13. The highest BCUT2D eigenvalue weighted by Crippen LogP contribution is 2.23. The van der Waals surface area contributed by atoms with E-state index in [1.807, 2.05) is 0 Å². The van der Waals surface area contributed by atoms with Gasteiger partial charge in [0.15, 0.2) is 0 Å². The monoisotopic (exact) mass is 337 g/mol. The average molecular weight is 338 g/mol. The maximum Gasteiger partial charge on any atom is 0.337 e. The van der Waals surface area contributed by atoms with Crippen LogP contribution >= 0.6 is 23.4 Å². The number of hydrogen-bond donors (Lipinski definition) is 3. The number of aromatic hydroxyl groups is 1. The van der Waals surface area contributed by atoms with Crippen molar-refractivity contribution in [3.8, 4) is 5.75 Å². The van der Waals surface area contributed by atoms with Crippen LogP contribution in [-0.2, 0) is 4.79 Å². The normalized spacial score (nSPS) is 10.2. The molecule has 0 bridgehead atoms. The molecule has 1 amide bonds. The molecule has 0 atom stereocenters. The Morgan fingerprint density at radius 1 is 1.14 bits per heavy atom. The van der Waals surface area contributed by atoms with Crippen LogP contribution in [0.1, 0.15) is 10.4 Å². The van der Waals surface area contributed by atoms with Crippen molar-refractivity contribution in [2.24, 2.45) is 0 Å². The van der Waals surface area contributed by atoms with Gasteiger partial charge in [-0.15, -0.1) is 11.8 Å². The lowest BCUT2D eigenvalue weighted by molar-refractivity contribution is -0.113. The zero-order valence-electron chi connectivity index (χ0n) is 11.2. The van der Waals surface area contributed by atoms with Crippen molar-refractivity contribution in [2.75, 3.05) is 11.1 Å². The van der Waals surface area contributed by atoms with E-state index in [9.17, 15) is 14.7 Å². The molecule has 2 aromatic carbocycles. The minimum atomic E-state index is -1.23. The fraction of sp³-hybridized carbons (Fsp3) is 0.0667. The average Bonchev–Trinajstić information content (AvgIpc) is 2.48. The van der Waals surface area contributed by atoms with Crippen LogP contribution in [0.2, 0.25) is 5.02 Å². The number of hydrogen-bond acceptors (Lipinski definition) is 4. The fourth-order valence-corrected chi connectivity index (χ4v) is 2.51. The first kappa shape index (κ1) is 16.2. The number of nitrogens with one attached hydrogen (secondary N) is 1. The SMILES string of the molecule is O=C(CSc1ccc(Cl)cc1)Nc1ccc(O)cc1C(=O)O. The summed E-state index contributed by atoms with van der Waals surface area (Å²) >= 11 is 7.08. The van der Waals surface area contributed by atoms with Crippen LogP contribution in [0.5, 0.6) is 5.75 Å². The number of thioether (sulfide) groups is 1. The van der Waals surface area contributed by atoms with Gasteiger partial charge >= 0.3 is 5.97 Å². The molecule has 2 rings (SSSR count). The second-order valence-corrected chi connectivity index (χ2v) is 5.81. The van der Waals surface area contributed by atoms with E-state index in [2.05, 4.69) is 5.32 Å². The fourth-order valence-electron chi connectivity index (χ4n) is 1.68. The molecule has 0 aliphatic heterocycles. The van der Waals surface area contributed by atoms with Gasteiger partial charge in [0.25, 0.3) is 0 Å². The van der Waals surface area contributed by atoms with E-state index in [0.717, 1.165) is 11.0 Å². The zero-order valence-corrected chi connectivity index (χ0v) is 12.8. The quantitative estimate of drug-likeness (QED) is 0.574. The predicted molar refractivity (Wildman–Crippen MR) is 85.9 cm³/mol. The maximum absolute atomic E-state index is 11.9. The molecule has 3 N–H and O–H groups in total. The lowest BCUT2D eigenvalue weighted by atomic mass is 10.1. The topological polar surface area (TPSA) is 86.6 Å². The summed E-state index contributed by atoms with van der Waals surface area (Å²) in [5, 5.41) is 21.5. The summed E-state index contributed by atoms with van der Waals surface area (Å²) in [6.07, 6.45) is 0. The molecule has 0 radical (unpaired) electrons. The van der Waals surface area contributed by atoms with Gasteiger partial charge in [0.2, 0.25) is 5.91 Å². The summed E-state index contributed by atoms with van der Waals surface area (Å²) in [6.45, 7) is 0. The second kappa shape index (κ2) is 7.20. The summed E-state index contributed by atoms with van der Waals surface area (Å²) in [6, 6.07) is 10.8. The standard InChI is InChI=1S/C15H12ClNO4S/c16-9-1-4-11(5-2-9)22-8-14(19)17-13-6-3-10(18)7-12(13)15(20)21/h1-7,18H,8H2,(H,17,19)(H,20,21). The number of carboxylic acid groups (broad SMARTS) is 1.